The number of piperazine rings is 1. The standard InChI is InChI=1S/C27H24FN3O3/c1-19(32)23-8-11-26(25(28)16-23)30-12-14-31(15-13-30)27(33)18-34-24-9-6-22(7-10-24)21-4-2-20(17-29)3-5-21/h2-11,16H,12-15,18H2,1H3. The van der Waals surface area contributed by atoms with E-state index in [-0.39, 0.29) is 18.3 Å². The van der Waals surface area contributed by atoms with Crippen LogP contribution in [0.1, 0.15) is 22.8 Å². The molecule has 34 heavy (non-hydrogen) atoms. The molecular weight excluding hydrogens is 433 g/mol. The van der Waals surface area contributed by atoms with Gasteiger partial charge >= 0.3 is 0 Å². The zero-order chi connectivity index (χ0) is 24.1. The van der Waals surface area contributed by atoms with Gasteiger partial charge in [0, 0.05) is 31.7 Å². The van der Waals surface area contributed by atoms with Gasteiger partial charge < -0.3 is 14.5 Å². The molecule has 3 aromatic rings. The molecule has 1 aliphatic heterocycles. The maximum atomic E-state index is 14.4. The largest absolute Gasteiger partial charge is 0.484 e. The Morgan fingerprint density at radius 3 is 2.12 bits per heavy atom. The first-order valence-electron chi connectivity index (χ1n) is 11.0. The quantitative estimate of drug-likeness (QED) is 0.516. The van der Waals surface area contributed by atoms with Crippen LogP contribution >= 0.6 is 0 Å². The topological polar surface area (TPSA) is 73.6 Å². The molecule has 4 rings (SSSR count). The molecule has 1 amide bonds. The number of nitrogens with zero attached hydrogens (tertiary/aromatic N) is 3. The number of carbonyl (C=O) groups excluding carboxylic acids is 2. The van der Waals surface area contributed by atoms with E-state index in [1.54, 1.807) is 29.2 Å². The maximum absolute atomic E-state index is 14.4. The summed E-state index contributed by atoms with van der Waals surface area (Å²) in [5.74, 6) is -0.134. The lowest BCUT2D eigenvalue weighted by Gasteiger charge is -2.36. The van der Waals surface area contributed by atoms with Crippen molar-refractivity contribution in [2.75, 3.05) is 37.7 Å². The summed E-state index contributed by atoms with van der Waals surface area (Å²) < 4.78 is 20.1. The molecule has 0 saturated carbocycles. The van der Waals surface area contributed by atoms with Crippen LogP contribution in [0, 0.1) is 17.1 Å². The van der Waals surface area contributed by atoms with Crippen molar-refractivity contribution in [1.29, 1.82) is 5.26 Å². The summed E-state index contributed by atoms with van der Waals surface area (Å²) in [5.41, 5.74) is 3.38. The van der Waals surface area contributed by atoms with Crippen LogP contribution in [-0.4, -0.2) is 49.4 Å². The van der Waals surface area contributed by atoms with Gasteiger partial charge in [0.15, 0.2) is 12.4 Å². The van der Waals surface area contributed by atoms with Crippen molar-refractivity contribution < 1.29 is 18.7 Å². The van der Waals surface area contributed by atoms with Crippen LogP contribution in [-0.2, 0) is 4.79 Å². The molecule has 1 fully saturated rings. The molecule has 1 heterocycles. The third kappa shape index (κ3) is 5.24. The zero-order valence-electron chi connectivity index (χ0n) is 18.8. The lowest BCUT2D eigenvalue weighted by molar-refractivity contribution is -0.133. The number of ketones is 1. The summed E-state index contributed by atoms with van der Waals surface area (Å²) in [6.07, 6.45) is 0. The van der Waals surface area contributed by atoms with E-state index in [4.69, 9.17) is 10.00 Å². The van der Waals surface area contributed by atoms with Crippen molar-refractivity contribution >= 4 is 17.4 Å². The van der Waals surface area contributed by atoms with Crippen LogP contribution in [0.25, 0.3) is 11.1 Å². The molecule has 0 radical (unpaired) electrons. The van der Waals surface area contributed by atoms with E-state index in [2.05, 4.69) is 6.07 Å². The molecular formula is C27H24FN3O3. The Kier molecular flexibility index (Phi) is 6.88. The number of nitriles is 1. The second-order valence-electron chi connectivity index (χ2n) is 8.09. The fraction of sp³-hybridized carbons (Fsp3) is 0.222. The lowest BCUT2D eigenvalue weighted by atomic mass is 10.0. The van der Waals surface area contributed by atoms with Crippen molar-refractivity contribution in [1.82, 2.24) is 4.90 Å². The highest BCUT2D eigenvalue weighted by Gasteiger charge is 2.23. The smallest absolute Gasteiger partial charge is 0.260 e. The van der Waals surface area contributed by atoms with E-state index >= 15 is 0 Å². The van der Waals surface area contributed by atoms with E-state index in [1.165, 1.54) is 13.0 Å². The summed E-state index contributed by atoms with van der Waals surface area (Å²) in [4.78, 5) is 27.6. The summed E-state index contributed by atoms with van der Waals surface area (Å²) in [5, 5.41) is 8.91. The number of ether oxygens (including phenoxy) is 1. The first-order valence-corrected chi connectivity index (χ1v) is 11.0. The fourth-order valence-corrected chi connectivity index (χ4v) is 3.90. The highest BCUT2D eigenvalue weighted by Crippen LogP contribution is 2.24. The molecule has 0 aromatic heterocycles. The van der Waals surface area contributed by atoms with Crippen molar-refractivity contribution in [2.24, 2.45) is 0 Å². The number of benzene rings is 3. The van der Waals surface area contributed by atoms with Crippen LogP contribution < -0.4 is 9.64 Å². The maximum Gasteiger partial charge on any atom is 0.260 e. The molecule has 0 bridgehead atoms. The Bertz CT molecular complexity index is 1230. The van der Waals surface area contributed by atoms with Crippen LogP contribution in [0.5, 0.6) is 5.75 Å². The number of halogens is 1. The molecule has 1 saturated heterocycles. The predicted octanol–water partition coefficient (Wildman–Crippen LogP) is 4.29. The van der Waals surface area contributed by atoms with Crippen LogP contribution in [0.3, 0.4) is 0 Å². The van der Waals surface area contributed by atoms with Gasteiger partial charge in [0.05, 0.1) is 17.3 Å². The molecule has 1 aliphatic rings. The minimum atomic E-state index is -0.430. The molecule has 0 spiro atoms. The van der Waals surface area contributed by atoms with Crippen molar-refractivity contribution in [3.05, 3.63) is 83.7 Å². The third-order valence-corrected chi connectivity index (χ3v) is 5.89. The van der Waals surface area contributed by atoms with Gasteiger partial charge in [-0.15, -0.1) is 0 Å². The Morgan fingerprint density at radius 2 is 1.56 bits per heavy atom. The summed E-state index contributed by atoms with van der Waals surface area (Å²) >= 11 is 0. The second-order valence-corrected chi connectivity index (χ2v) is 8.09. The summed E-state index contributed by atoms with van der Waals surface area (Å²) in [6, 6.07) is 21.4. The zero-order valence-corrected chi connectivity index (χ0v) is 18.8. The average Bonchev–Trinajstić information content (AvgIpc) is 2.87. The number of rotatable bonds is 6. The lowest BCUT2D eigenvalue weighted by Crippen LogP contribution is -2.50. The van der Waals surface area contributed by atoms with Gasteiger partial charge in [-0.1, -0.05) is 24.3 Å². The minimum absolute atomic E-state index is 0.0715. The van der Waals surface area contributed by atoms with Crippen molar-refractivity contribution in [2.45, 2.75) is 6.92 Å². The van der Waals surface area contributed by atoms with Gasteiger partial charge in [0.25, 0.3) is 5.91 Å². The van der Waals surface area contributed by atoms with Crippen LogP contribution in [0.2, 0.25) is 0 Å². The Balaban J connectivity index is 1.28. The summed E-state index contributed by atoms with van der Waals surface area (Å²) in [7, 11) is 0. The van der Waals surface area contributed by atoms with Gasteiger partial charge in [0.2, 0.25) is 0 Å². The van der Waals surface area contributed by atoms with E-state index in [0.717, 1.165) is 11.1 Å². The molecule has 3 aromatic carbocycles. The normalized spacial score (nSPS) is 13.3. The van der Waals surface area contributed by atoms with Crippen LogP contribution in [0.4, 0.5) is 10.1 Å². The minimum Gasteiger partial charge on any atom is -0.484 e. The summed E-state index contributed by atoms with van der Waals surface area (Å²) in [6.45, 7) is 3.27. The predicted molar refractivity (Wildman–Crippen MR) is 127 cm³/mol. The Morgan fingerprint density at radius 1 is 0.941 bits per heavy atom. The number of Topliss-reactive ketones (excluding diaryl/α,β-unsaturated/α-hetero) is 1. The molecule has 0 aliphatic carbocycles. The third-order valence-electron chi connectivity index (χ3n) is 5.89. The average molecular weight is 458 g/mol. The van der Waals surface area contributed by atoms with Gasteiger partial charge in [-0.2, -0.15) is 5.26 Å². The number of carbonyl (C=O) groups is 2. The van der Waals surface area contributed by atoms with E-state index in [0.29, 0.717) is 48.7 Å². The monoisotopic (exact) mass is 457 g/mol. The molecule has 0 atom stereocenters. The Hall–Kier alpha value is -4.18. The van der Waals surface area contributed by atoms with Crippen molar-refractivity contribution in [3.8, 4) is 22.9 Å². The molecule has 6 nitrogen and oxygen atoms in total. The first kappa shape index (κ1) is 23.0. The fourth-order valence-electron chi connectivity index (χ4n) is 3.90. The molecule has 0 unspecified atom stereocenters. The number of anilines is 1. The van der Waals surface area contributed by atoms with Gasteiger partial charge in [-0.05, 0) is 60.5 Å². The molecule has 7 heteroatoms. The Labute approximate surface area is 197 Å². The van der Waals surface area contributed by atoms with E-state index in [1.807, 2.05) is 41.3 Å². The SMILES string of the molecule is CC(=O)c1ccc(N2CCN(C(=O)COc3ccc(-c4ccc(C#N)cc4)cc3)CC2)c(F)c1. The molecule has 0 N–H and O–H groups in total. The van der Waals surface area contributed by atoms with E-state index in [9.17, 15) is 14.0 Å². The highest BCUT2D eigenvalue weighted by molar-refractivity contribution is 5.94. The van der Waals surface area contributed by atoms with E-state index < -0.39 is 5.82 Å². The highest BCUT2D eigenvalue weighted by atomic mass is 19.1. The van der Waals surface area contributed by atoms with Gasteiger partial charge in [-0.3, -0.25) is 9.59 Å². The second kappa shape index (κ2) is 10.2. The van der Waals surface area contributed by atoms with Crippen LogP contribution in [0.15, 0.2) is 66.7 Å². The van der Waals surface area contributed by atoms with Gasteiger partial charge in [-0.25, -0.2) is 4.39 Å². The van der Waals surface area contributed by atoms with Crippen molar-refractivity contribution in [3.63, 3.8) is 0 Å². The number of hydrogen-bond donors (Lipinski definition) is 0. The molecule has 172 valence electrons. The first-order chi connectivity index (χ1) is 16.4. The number of hydrogen-bond acceptors (Lipinski definition) is 5. The number of amides is 1. The van der Waals surface area contributed by atoms with Gasteiger partial charge in [0.1, 0.15) is 11.6 Å².